The van der Waals surface area contributed by atoms with Crippen molar-refractivity contribution in [3.05, 3.63) is 65.4 Å². The molecule has 1 aromatic heterocycles. The number of nitrogens with two attached hydrogens (primary N) is 1. The van der Waals surface area contributed by atoms with Crippen molar-refractivity contribution in [1.82, 2.24) is 9.88 Å². The third kappa shape index (κ3) is 4.38. The number of benzene rings is 2. The number of anilines is 1. The zero-order valence-corrected chi connectivity index (χ0v) is 18.0. The molecular weight excluding hydrogens is 388 g/mol. The fourth-order valence-corrected chi connectivity index (χ4v) is 4.28. The summed E-state index contributed by atoms with van der Waals surface area (Å²) in [6, 6.07) is 13.3. The second-order valence-electron chi connectivity index (χ2n) is 8.29. The number of nitrogen functional groups attached to an aromatic ring is 1. The summed E-state index contributed by atoms with van der Waals surface area (Å²) in [5.41, 5.74) is 10.3. The van der Waals surface area contributed by atoms with Crippen molar-refractivity contribution in [2.75, 3.05) is 25.4 Å². The highest BCUT2D eigenvalue weighted by Gasteiger charge is 2.26. The number of hydrogen-bond donors (Lipinski definition) is 2. The molecule has 2 aromatic carbocycles. The highest BCUT2D eigenvalue weighted by molar-refractivity contribution is 6.06. The van der Waals surface area contributed by atoms with Crippen LogP contribution in [0.3, 0.4) is 0 Å². The van der Waals surface area contributed by atoms with Gasteiger partial charge in [-0.05, 0) is 57.0 Å². The maximum atomic E-state index is 13.3. The molecule has 2 heterocycles. The molecule has 1 atom stereocenters. The molecule has 1 saturated heterocycles. The van der Waals surface area contributed by atoms with Crippen molar-refractivity contribution in [3.63, 3.8) is 0 Å². The first-order valence-electron chi connectivity index (χ1n) is 10.7. The summed E-state index contributed by atoms with van der Waals surface area (Å²) in [6.45, 7) is 5.61. The highest BCUT2D eigenvalue weighted by Crippen LogP contribution is 2.27. The van der Waals surface area contributed by atoms with E-state index in [-0.39, 0.29) is 11.8 Å². The zero-order valence-electron chi connectivity index (χ0n) is 18.0. The lowest BCUT2D eigenvalue weighted by Gasteiger charge is -2.33. The summed E-state index contributed by atoms with van der Waals surface area (Å²) < 4.78 is 6.07. The number of aryl methyl sites for hydroxylation is 1. The minimum Gasteiger partial charge on any atom is -0.492 e. The molecule has 3 aromatic rings. The predicted molar refractivity (Wildman–Crippen MR) is 124 cm³/mol. The average Bonchev–Trinajstić information content (AvgIpc) is 2.76. The van der Waals surface area contributed by atoms with E-state index in [2.05, 4.69) is 4.98 Å². The van der Waals surface area contributed by atoms with Crippen LogP contribution in [0.4, 0.5) is 5.69 Å². The van der Waals surface area contributed by atoms with Gasteiger partial charge in [-0.1, -0.05) is 17.7 Å². The first kappa shape index (κ1) is 20.8. The lowest BCUT2D eigenvalue weighted by molar-refractivity contribution is 0.0635. The second kappa shape index (κ2) is 8.76. The van der Waals surface area contributed by atoms with Gasteiger partial charge >= 0.3 is 0 Å². The van der Waals surface area contributed by atoms with Gasteiger partial charge in [0.2, 0.25) is 0 Å². The van der Waals surface area contributed by atoms with Crippen molar-refractivity contribution in [1.29, 1.82) is 5.41 Å². The molecule has 0 radical (unpaired) electrons. The Morgan fingerprint density at radius 3 is 2.94 bits per heavy atom. The highest BCUT2D eigenvalue weighted by atomic mass is 16.5. The maximum absolute atomic E-state index is 13.3. The van der Waals surface area contributed by atoms with Crippen LogP contribution < -0.4 is 10.5 Å². The summed E-state index contributed by atoms with van der Waals surface area (Å²) in [5.74, 6) is 0.905. The van der Waals surface area contributed by atoms with Crippen molar-refractivity contribution >= 4 is 28.2 Å². The summed E-state index contributed by atoms with van der Waals surface area (Å²) in [6.07, 6.45) is 3.65. The SMILES string of the molecule is CC(=N)c1c(N)cccc1OCC1CCCN(C(=O)c2ccnc3ccc(C)cc23)C1. The maximum Gasteiger partial charge on any atom is 0.254 e. The zero-order chi connectivity index (χ0) is 22.0. The van der Waals surface area contributed by atoms with Crippen molar-refractivity contribution < 1.29 is 9.53 Å². The Kier molecular flexibility index (Phi) is 5.89. The van der Waals surface area contributed by atoms with Gasteiger partial charge in [-0.2, -0.15) is 0 Å². The number of carbonyl (C=O) groups excluding carboxylic acids is 1. The molecular formula is C25H28N4O2. The second-order valence-corrected chi connectivity index (χ2v) is 8.29. The van der Waals surface area contributed by atoms with Crippen LogP contribution in [0.25, 0.3) is 10.9 Å². The first-order chi connectivity index (χ1) is 14.9. The number of fused-ring (bicyclic) bond motifs is 1. The lowest BCUT2D eigenvalue weighted by atomic mass is 9.97. The monoisotopic (exact) mass is 416 g/mol. The van der Waals surface area contributed by atoms with Gasteiger partial charge in [-0.15, -0.1) is 0 Å². The molecule has 31 heavy (non-hydrogen) atoms. The third-order valence-corrected chi connectivity index (χ3v) is 5.84. The van der Waals surface area contributed by atoms with Gasteiger partial charge in [-0.25, -0.2) is 0 Å². The molecule has 6 heteroatoms. The average molecular weight is 417 g/mol. The van der Waals surface area contributed by atoms with Gasteiger partial charge in [-0.3, -0.25) is 9.78 Å². The number of aromatic nitrogens is 1. The lowest BCUT2D eigenvalue weighted by Crippen LogP contribution is -2.41. The van der Waals surface area contributed by atoms with E-state index in [4.69, 9.17) is 15.9 Å². The molecule has 0 saturated carbocycles. The third-order valence-electron chi connectivity index (χ3n) is 5.84. The van der Waals surface area contributed by atoms with Crippen LogP contribution in [-0.2, 0) is 0 Å². The molecule has 1 aliphatic heterocycles. The predicted octanol–water partition coefficient (Wildman–Crippen LogP) is 4.44. The molecule has 0 spiro atoms. The van der Waals surface area contributed by atoms with Gasteiger partial charge in [0.25, 0.3) is 5.91 Å². The Bertz CT molecular complexity index is 1140. The van der Waals surface area contributed by atoms with E-state index in [1.165, 1.54) is 0 Å². The van der Waals surface area contributed by atoms with E-state index < -0.39 is 0 Å². The Labute approximate surface area is 182 Å². The van der Waals surface area contributed by atoms with Gasteiger partial charge in [0.15, 0.2) is 0 Å². The Morgan fingerprint density at radius 1 is 1.29 bits per heavy atom. The van der Waals surface area contributed by atoms with Gasteiger partial charge < -0.3 is 20.8 Å². The normalized spacial score (nSPS) is 16.3. The van der Waals surface area contributed by atoms with Crippen LogP contribution >= 0.6 is 0 Å². The molecule has 160 valence electrons. The van der Waals surface area contributed by atoms with Gasteiger partial charge in [0.1, 0.15) is 5.75 Å². The standard InChI is InChI=1S/C25H28N4O2/c1-16-8-9-22-20(13-16)19(10-11-28-22)25(30)29-12-4-5-18(14-29)15-31-23-7-3-6-21(27)24(23)17(2)26/h3,6-11,13,18,26H,4-5,12,14-15,27H2,1-2H3. The summed E-state index contributed by atoms with van der Waals surface area (Å²) in [7, 11) is 0. The van der Waals surface area contributed by atoms with Crippen LogP contribution in [-0.4, -0.2) is 41.2 Å². The van der Waals surface area contributed by atoms with Gasteiger partial charge in [0, 0.05) is 42.0 Å². The first-order valence-corrected chi connectivity index (χ1v) is 10.7. The molecule has 1 aliphatic rings. The Hall–Kier alpha value is -3.41. The number of nitrogens with zero attached hydrogens (tertiary/aromatic N) is 2. The van der Waals surface area contributed by atoms with Crippen molar-refractivity contribution in [2.24, 2.45) is 5.92 Å². The van der Waals surface area contributed by atoms with Crippen LogP contribution in [0.15, 0.2) is 48.7 Å². The van der Waals surface area contributed by atoms with E-state index in [0.29, 0.717) is 41.4 Å². The molecule has 0 aliphatic carbocycles. The van der Waals surface area contributed by atoms with E-state index in [0.717, 1.165) is 35.9 Å². The molecule has 0 bridgehead atoms. The minimum absolute atomic E-state index is 0.0441. The Morgan fingerprint density at radius 2 is 2.13 bits per heavy atom. The minimum atomic E-state index is 0.0441. The summed E-state index contributed by atoms with van der Waals surface area (Å²) in [5, 5.41) is 8.89. The largest absolute Gasteiger partial charge is 0.492 e. The van der Waals surface area contributed by atoms with E-state index in [1.807, 2.05) is 48.2 Å². The number of nitrogens with one attached hydrogen (secondary N) is 1. The number of carbonyl (C=O) groups is 1. The fourth-order valence-electron chi connectivity index (χ4n) is 4.28. The van der Waals surface area contributed by atoms with E-state index >= 15 is 0 Å². The van der Waals surface area contributed by atoms with Crippen molar-refractivity contribution in [3.8, 4) is 5.75 Å². The van der Waals surface area contributed by atoms with E-state index in [1.54, 1.807) is 19.2 Å². The van der Waals surface area contributed by atoms with Crippen molar-refractivity contribution in [2.45, 2.75) is 26.7 Å². The van der Waals surface area contributed by atoms with Crippen LogP contribution in [0.5, 0.6) is 5.75 Å². The Balaban J connectivity index is 1.49. The number of rotatable bonds is 5. The summed E-state index contributed by atoms with van der Waals surface area (Å²) >= 11 is 0. The topological polar surface area (TPSA) is 92.3 Å². The number of pyridine rings is 1. The quantitative estimate of drug-likeness (QED) is 0.475. The number of ether oxygens (including phenoxy) is 1. The summed E-state index contributed by atoms with van der Waals surface area (Å²) in [4.78, 5) is 19.7. The van der Waals surface area contributed by atoms with Crippen LogP contribution in [0.1, 0.15) is 41.3 Å². The molecule has 1 amide bonds. The molecule has 4 rings (SSSR count). The number of amides is 1. The molecule has 1 fully saturated rings. The van der Waals surface area contributed by atoms with Crippen LogP contribution in [0.2, 0.25) is 0 Å². The van der Waals surface area contributed by atoms with Crippen LogP contribution in [0, 0.1) is 18.3 Å². The van der Waals surface area contributed by atoms with Gasteiger partial charge in [0.05, 0.1) is 23.3 Å². The molecule has 1 unspecified atom stereocenters. The number of piperidine rings is 1. The number of hydrogen-bond acceptors (Lipinski definition) is 5. The molecule has 6 nitrogen and oxygen atoms in total. The molecule has 3 N–H and O–H groups in total. The van der Waals surface area contributed by atoms with E-state index in [9.17, 15) is 4.79 Å². The fraction of sp³-hybridized carbons (Fsp3) is 0.320. The number of likely N-dealkylation sites (tertiary alicyclic amines) is 1. The smallest absolute Gasteiger partial charge is 0.254 e.